The molecule has 2 heterocycles. The molecule has 0 N–H and O–H groups in total. The van der Waals surface area contributed by atoms with E-state index in [0.29, 0.717) is 29.5 Å². The van der Waals surface area contributed by atoms with Gasteiger partial charge in [0.15, 0.2) is 5.17 Å². The molecule has 2 aliphatic heterocycles. The number of hydrogen-bond acceptors (Lipinski definition) is 6. The van der Waals surface area contributed by atoms with E-state index in [1.54, 1.807) is 35.7 Å². The number of nitro groups is 1. The maximum Gasteiger partial charge on any atom is 0.272 e. The van der Waals surface area contributed by atoms with Gasteiger partial charge in [-0.2, -0.15) is 0 Å². The number of aryl methyl sites for hydroxylation is 1. The van der Waals surface area contributed by atoms with Gasteiger partial charge in [-0.25, -0.2) is 0 Å². The Balaban J connectivity index is 1.63. The van der Waals surface area contributed by atoms with E-state index in [-0.39, 0.29) is 11.6 Å². The first-order valence-corrected chi connectivity index (χ1v) is 8.84. The first-order valence-electron chi connectivity index (χ1n) is 7.96. The lowest BCUT2D eigenvalue weighted by Crippen LogP contribution is -2.49. The number of nitro benzene ring substituents is 1. The van der Waals surface area contributed by atoms with Gasteiger partial charge in [-0.05, 0) is 19.1 Å². The number of piperazine rings is 1. The Morgan fingerprint density at radius 1 is 1.33 bits per heavy atom. The third-order valence-electron chi connectivity index (χ3n) is 4.27. The van der Waals surface area contributed by atoms with Crippen molar-refractivity contribution >= 4 is 28.5 Å². The van der Waals surface area contributed by atoms with Crippen molar-refractivity contribution in [2.75, 3.05) is 32.7 Å². The van der Waals surface area contributed by atoms with Crippen molar-refractivity contribution in [2.45, 2.75) is 19.1 Å². The first kappa shape index (κ1) is 16.8. The second-order valence-corrected chi connectivity index (χ2v) is 7.49. The SMILES string of the molecule is Cc1cc(C(=O)N2CCN(C3=NCC(C)S3)CC2)ccc1[N+](=O)[O-]. The predicted molar refractivity (Wildman–Crippen MR) is 94.7 cm³/mol. The van der Waals surface area contributed by atoms with E-state index in [9.17, 15) is 14.9 Å². The molecule has 1 unspecified atom stereocenters. The lowest BCUT2D eigenvalue weighted by atomic mass is 10.1. The van der Waals surface area contributed by atoms with Gasteiger partial charge in [-0.1, -0.05) is 18.7 Å². The Bertz CT molecular complexity index is 699. The standard InChI is InChI=1S/C16H20N4O3S/c1-11-9-13(3-4-14(11)20(22)23)15(21)18-5-7-19(8-6-18)16-17-10-12(2)24-16/h3-4,9,12H,5-8,10H2,1-2H3. The molecule has 2 aliphatic rings. The summed E-state index contributed by atoms with van der Waals surface area (Å²) in [6.45, 7) is 7.51. The lowest BCUT2D eigenvalue weighted by molar-refractivity contribution is -0.385. The fourth-order valence-electron chi connectivity index (χ4n) is 2.91. The maximum atomic E-state index is 12.6. The highest BCUT2D eigenvalue weighted by atomic mass is 32.2. The van der Waals surface area contributed by atoms with Gasteiger partial charge in [0, 0.05) is 48.6 Å². The van der Waals surface area contributed by atoms with E-state index in [2.05, 4.69) is 16.8 Å². The lowest BCUT2D eigenvalue weighted by Gasteiger charge is -2.35. The van der Waals surface area contributed by atoms with Crippen molar-refractivity contribution in [3.63, 3.8) is 0 Å². The van der Waals surface area contributed by atoms with Gasteiger partial charge in [0.1, 0.15) is 0 Å². The second kappa shape index (κ2) is 6.80. The summed E-state index contributed by atoms with van der Waals surface area (Å²) in [6, 6.07) is 4.55. The van der Waals surface area contributed by atoms with Crippen LogP contribution in [-0.2, 0) is 0 Å². The highest BCUT2D eigenvalue weighted by molar-refractivity contribution is 8.14. The van der Waals surface area contributed by atoms with E-state index in [1.165, 1.54) is 6.07 Å². The number of thioether (sulfide) groups is 1. The summed E-state index contributed by atoms with van der Waals surface area (Å²) in [5.41, 5.74) is 1.06. The molecular formula is C16H20N4O3S. The molecule has 7 nitrogen and oxygen atoms in total. The van der Waals surface area contributed by atoms with Crippen LogP contribution in [-0.4, -0.2) is 63.8 Å². The summed E-state index contributed by atoms with van der Waals surface area (Å²) in [4.78, 5) is 31.7. The summed E-state index contributed by atoms with van der Waals surface area (Å²) < 4.78 is 0. The quantitative estimate of drug-likeness (QED) is 0.604. The molecule has 1 aromatic carbocycles. The number of hydrogen-bond donors (Lipinski definition) is 0. The molecule has 8 heteroatoms. The zero-order valence-electron chi connectivity index (χ0n) is 13.8. The van der Waals surface area contributed by atoms with Crippen LogP contribution in [0.15, 0.2) is 23.2 Å². The molecule has 0 aromatic heterocycles. The molecule has 0 bridgehead atoms. The van der Waals surface area contributed by atoms with E-state index in [0.717, 1.165) is 24.8 Å². The van der Waals surface area contributed by atoms with Crippen LogP contribution in [0.2, 0.25) is 0 Å². The molecule has 0 radical (unpaired) electrons. The molecule has 0 saturated carbocycles. The Labute approximate surface area is 144 Å². The Hall–Kier alpha value is -2.09. The van der Waals surface area contributed by atoms with E-state index < -0.39 is 4.92 Å². The number of rotatable bonds is 2. The molecule has 1 fully saturated rings. The molecule has 3 rings (SSSR count). The molecule has 128 valence electrons. The largest absolute Gasteiger partial charge is 0.348 e. The van der Waals surface area contributed by atoms with E-state index in [1.807, 2.05) is 0 Å². The van der Waals surface area contributed by atoms with Crippen molar-refractivity contribution in [3.8, 4) is 0 Å². The maximum absolute atomic E-state index is 12.6. The summed E-state index contributed by atoms with van der Waals surface area (Å²) in [6.07, 6.45) is 0. The van der Waals surface area contributed by atoms with Crippen molar-refractivity contribution in [1.82, 2.24) is 9.80 Å². The summed E-state index contributed by atoms with van der Waals surface area (Å²) >= 11 is 1.79. The molecule has 0 spiro atoms. The molecule has 1 amide bonds. The van der Waals surface area contributed by atoms with Crippen molar-refractivity contribution in [2.24, 2.45) is 4.99 Å². The highest BCUT2D eigenvalue weighted by Gasteiger charge is 2.27. The minimum Gasteiger partial charge on any atom is -0.348 e. The number of nitrogens with zero attached hydrogens (tertiary/aromatic N) is 4. The summed E-state index contributed by atoms with van der Waals surface area (Å²) in [5.74, 6) is -0.0676. The zero-order valence-corrected chi connectivity index (χ0v) is 14.6. The number of carbonyl (C=O) groups excluding carboxylic acids is 1. The zero-order chi connectivity index (χ0) is 17.3. The Morgan fingerprint density at radius 3 is 2.58 bits per heavy atom. The summed E-state index contributed by atoms with van der Waals surface area (Å²) in [7, 11) is 0. The van der Waals surface area contributed by atoms with E-state index >= 15 is 0 Å². The molecule has 0 aliphatic carbocycles. The third-order valence-corrected chi connectivity index (χ3v) is 5.42. The smallest absolute Gasteiger partial charge is 0.272 e. The number of carbonyl (C=O) groups is 1. The van der Waals surface area contributed by atoms with Crippen molar-refractivity contribution < 1.29 is 9.72 Å². The van der Waals surface area contributed by atoms with E-state index in [4.69, 9.17) is 0 Å². The minimum atomic E-state index is -0.427. The van der Waals surface area contributed by atoms with Gasteiger partial charge in [0.05, 0.1) is 11.5 Å². The topological polar surface area (TPSA) is 79.0 Å². The van der Waals surface area contributed by atoms with Crippen LogP contribution in [0.25, 0.3) is 0 Å². The van der Waals surface area contributed by atoms with Crippen LogP contribution in [0, 0.1) is 17.0 Å². The van der Waals surface area contributed by atoms with Gasteiger partial charge in [0.25, 0.3) is 11.6 Å². The first-order chi connectivity index (χ1) is 11.5. The number of amidine groups is 1. The van der Waals surface area contributed by atoms with Crippen LogP contribution in [0.1, 0.15) is 22.8 Å². The molecule has 24 heavy (non-hydrogen) atoms. The van der Waals surface area contributed by atoms with Crippen LogP contribution >= 0.6 is 11.8 Å². The van der Waals surface area contributed by atoms with Gasteiger partial charge in [-0.3, -0.25) is 19.9 Å². The predicted octanol–water partition coefficient (Wildman–Crippen LogP) is 2.15. The van der Waals surface area contributed by atoms with Crippen molar-refractivity contribution in [3.05, 3.63) is 39.4 Å². The summed E-state index contributed by atoms with van der Waals surface area (Å²) in [5, 5.41) is 12.5. The number of amides is 1. The van der Waals surface area contributed by atoms with Crippen LogP contribution < -0.4 is 0 Å². The third kappa shape index (κ3) is 3.38. The number of aliphatic imine (C=N–C) groups is 1. The van der Waals surface area contributed by atoms with Crippen LogP contribution in [0.3, 0.4) is 0 Å². The fraction of sp³-hybridized carbons (Fsp3) is 0.500. The molecule has 1 aromatic rings. The number of benzene rings is 1. The molecule has 1 saturated heterocycles. The minimum absolute atomic E-state index is 0.0433. The van der Waals surface area contributed by atoms with Crippen LogP contribution in [0.5, 0.6) is 0 Å². The Kier molecular flexibility index (Phi) is 4.75. The molecule has 1 atom stereocenters. The van der Waals surface area contributed by atoms with Crippen molar-refractivity contribution in [1.29, 1.82) is 0 Å². The Morgan fingerprint density at radius 2 is 2.04 bits per heavy atom. The van der Waals surface area contributed by atoms with Crippen LogP contribution in [0.4, 0.5) is 5.69 Å². The van der Waals surface area contributed by atoms with Gasteiger partial charge in [0.2, 0.25) is 0 Å². The highest BCUT2D eigenvalue weighted by Crippen LogP contribution is 2.24. The normalized spacial score (nSPS) is 20.9. The van der Waals surface area contributed by atoms with Gasteiger partial charge >= 0.3 is 0 Å². The second-order valence-electron chi connectivity index (χ2n) is 6.09. The average Bonchev–Trinajstić information content (AvgIpc) is 3.00. The molecular weight excluding hydrogens is 328 g/mol. The average molecular weight is 348 g/mol. The van der Waals surface area contributed by atoms with Gasteiger partial charge < -0.3 is 9.80 Å². The van der Waals surface area contributed by atoms with Gasteiger partial charge in [-0.15, -0.1) is 0 Å². The fourth-order valence-corrected chi connectivity index (χ4v) is 3.90. The monoisotopic (exact) mass is 348 g/mol.